The van der Waals surface area contributed by atoms with E-state index in [1.165, 1.54) is 0 Å². The Kier molecular flexibility index (Phi) is 3.73. The van der Waals surface area contributed by atoms with Crippen molar-refractivity contribution in [3.8, 4) is 6.07 Å². The summed E-state index contributed by atoms with van der Waals surface area (Å²) in [6.07, 6.45) is 1.91. The van der Waals surface area contributed by atoms with E-state index in [1.807, 2.05) is 48.5 Å². The van der Waals surface area contributed by atoms with Gasteiger partial charge in [-0.2, -0.15) is 5.26 Å². The van der Waals surface area contributed by atoms with Crippen LogP contribution < -0.4 is 0 Å². The van der Waals surface area contributed by atoms with Crippen LogP contribution in [-0.4, -0.2) is 0 Å². The van der Waals surface area contributed by atoms with Gasteiger partial charge < -0.3 is 0 Å². The summed E-state index contributed by atoms with van der Waals surface area (Å²) in [5.41, 5.74) is 2.47. The number of rotatable bonds is 2. The van der Waals surface area contributed by atoms with E-state index in [1.54, 1.807) is 6.07 Å². The van der Waals surface area contributed by atoms with Gasteiger partial charge in [-0.05, 0) is 40.1 Å². The zero-order valence-corrected chi connectivity index (χ0v) is 12.0. The number of hydrogen-bond acceptors (Lipinski definition) is 1. The summed E-state index contributed by atoms with van der Waals surface area (Å²) in [6, 6.07) is 23.9. The van der Waals surface area contributed by atoms with Crippen LogP contribution in [0.25, 0.3) is 22.4 Å². The van der Waals surface area contributed by atoms with E-state index in [0.717, 1.165) is 21.9 Å². The van der Waals surface area contributed by atoms with Crippen LogP contribution in [0.1, 0.15) is 11.1 Å². The molecule has 0 fully saturated rings. The molecule has 1 nitrogen and oxygen atoms in total. The molecule has 0 amide bonds. The molecular formula is C19H12ClN. The number of nitrogens with zero attached hydrogens (tertiary/aromatic N) is 1. The minimum atomic E-state index is 0.605. The molecule has 0 spiro atoms. The van der Waals surface area contributed by atoms with Crippen molar-refractivity contribution in [1.82, 2.24) is 0 Å². The summed E-state index contributed by atoms with van der Waals surface area (Å²) >= 11 is 6.01. The van der Waals surface area contributed by atoms with Crippen LogP contribution in [0.15, 0.2) is 66.7 Å². The number of allylic oxidation sites excluding steroid dienone is 1. The predicted molar refractivity (Wildman–Crippen MR) is 88.9 cm³/mol. The summed E-state index contributed by atoms with van der Waals surface area (Å²) in [4.78, 5) is 0. The molecule has 0 atom stereocenters. The Morgan fingerprint density at radius 1 is 0.952 bits per heavy atom. The lowest BCUT2D eigenvalue weighted by molar-refractivity contribution is 1.52. The van der Waals surface area contributed by atoms with E-state index in [-0.39, 0.29) is 0 Å². The van der Waals surface area contributed by atoms with Crippen molar-refractivity contribution in [3.63, 3.8) is 0 Å². The summed E-state index contributed by atoms with van der Waals surface area (Å²) in [5.74, 6) is 0. The van der Waals surface area contributed by atoms with E-state index in [4.69, 9.17) is 11.6 Å². The molecule has 0 aliphatic heterocycles. The number of fused-ring (bicyclic) bond motifs is 1. The molecular weight excluding hydrogens is 278 g/mol. The average Bonchev–Trinajstić information content (AvgIpc) is 2.52. The van der Waals surface area contributed by atoms with Gasteiger partial charge in [0.2, 0.25) is 0 Å². The molecule has 0 unspecified atom stereocenters. The van der Waals surface area contributed by atoms with Crippen LogP contribution in [0.4, 0.5) is 0 Å². The van der Waals surface area contributed by atoms with Gasteiger partial charge in [-0.25, -0.2) is 0 Å². The number of benzene rings is 3. The fourth-order valence-electron chi connectivity index (χ4n) is 2.37. The molecule has 21 heavy (non-hydrogen) atoms. The van der Waals surface area contributed by atoms with Crippen molar-refractivity contribution < 1.29 is 0 Å². The molecule has 0 aromatic heterocycles. The molecule has 3 rings (SSSR count). The number of hydrogen-bond donors (Lipinski definition) is 0. The van der Waals surface area contributed by atoms with Crippen LogP contribution >= 0.6 is 11.6 Å². The summed E-state index contributed by atoms with van der Waals surface area (Å²) in [7, 11) is 0. The van der Waals surface area contributed by atoms with Crippen molar-refractivity contribution in [3.05, 3.63) is 82.9 Å². The number of halogens is 1. The largest absolute Gasteiger partial charge is 0.192 e. The van der Waals surface area contributed by atoms with Crippen LogP contribution in [0, 0.1) is 11.3 Å². The van der Waals surface area contributed by atoms with Crippen molar-refractivity contribution in [2.24, 2.45) is 0 Å². The minimum absolute atomic E-state index is 0.605. The summed E-state index contributed by atoms with van der Waals surface area (Å²) in [5, 5.41) is 12.4. The molecule has 100 valence electrons. The quantitative estimate of drug-likeness (QED) is 0.448. The van der Waals surface area contributed by atoms with Gasteiger partial charge in [0.05, 0.1) is 11.6 Å². The Bertz CT molecular complexity index is 867. The second kappa shape index (κ2) is 5.83. The van der Waals surface area contributed by atoms with E-state index in [0.29, 0.717) is 10.6 Å². The SMILES string of the molecule is N#C/C(=C\c1cccc2ccccc12)c1cccc(Cl)c1. The normalized spacial score (nSPS) is 11.3. The maximum atomic E-state index is 9.44. The second-order valence-electron chi connectivity index (χ2n) is 4.75. The summed E-state index contributed by atoms with van der Waals surface area (Å²) in [6.45, 7) is 0. The van der Waals surface area contributed by atoms with Gasteiger partial charge in [-0.15, -0.1) is 0 Å². The van der Waals surface area contributed by atoms with Crippen LogP contribution in [0.5, 0.6) is 0 Å². The lowest BCUT2D eigenvalue weighted by Crippen LogP contribution is -1.83. The Morgan fingerprint density at radius 3 is 2.52 bits per heavy atom. The fraction of sp³-hybridized carbons (Fsp3) is 0. The Labute approximate surface area is 128 Å². The Morgan fingerprint density at radius 2 is 1.71 bits per heavy atom. The molecule has 0 saturated carbocycles. The van der Waals surface area contributed by atoms with Gasteiger partial charge in [0, 0.05) is 5.02 Å². The van der Waals surface area contributed by atoms with E-state index < -0.39 is 0 Å². The molecule has 0 aliphatic carbocycles. The zero-order valence-electron chi connectivity index (χ0n) is 11.3. The van der Waals surface area contributed by atoms with Gasteiger partial charge >= 0.3 is 0 Å². The van der Waals surface area contributed by atoms with Crippen molar-refractivity contribution in [1.29, 1.82) is 5.26 Å². The van der Waals surface area contributed by atoms with E-state index in [2.05, 4.69) is 24.3 Å². The molecule has 0 aliphatic rings. The van der Waals surface area contributed by atoms with Gasteiger partial charge in [0.25, 0.3) is 0 Å². The third-order valence-electron chi connectivity index (χ3n) is 3.38. The zero-order chi connectivity index (χ0) is 14.7. The molecule has 0 saturated heterocycles. The minimum Gasteiger partial charge on any atom is -0.192 e. The third kappa shape index (κ3) is 2.81. The summed E-state index contributed by atoms with van der Waals surface area (Å²) < 4.78 is 0. The highest BCUT2D eigenvalue weighted by atomic mass is 35.5. The second-order valence-corrected chi connectivity index (χ2v) is 5.18. The smallest absolute Gasteiger partial charge is 0.0998 e. The third-order valence-corrected chi connectivity index (χ3v) is 3.61. The van der Waals surface area contributed by atoms with Gasteiger partial charge in [0.15, 0.2) is 0 Å². The first-order chi connectivity index (χ1) is 10.3. The molecule has 3 aromatic carbocycles. The molecule has 3 aromatic rings. The highest BCUT2D eigenvalue weighted by molar-refractivity contribution is 6.30. The highest BCUT2D eigenvalue weighted by Gasteiger charge is 2.04. The first-order valence-electron chi connectivity index (χ1n) is 6.63. The molecule has 2 heteroatoms. The molecule has 0 N–H and O–H groups in total. The van der Waals surface area contributed by atoms with Crippen LogP contribution in [-0.2, 0) is 0 Å². The highest BCUT2D eigenvalue weighted by Crippen LogP contribution is 2.25. The van der Waals surface area contributed by atoms with Crippen LogP contribution in [0.2, 0.25) is 5.02 Å². The fourth-order valence-corrected chi connectivity index (χ4v) is 2.56. The van der Waals surface area contributed by atoms with Crippen LogP contribution in [0.3, 0.4) is 0 Å². The molecule has 0 bridgehead atoms. The first kappa shape index (κ1) is 13.4. The number of nitriles is 1. The maximum Gasteiger partial charge on any atom is 0.0998 e. The van der Waals surface area contributed by atoms with Gasteiger partial charge in [-0.1, -0.05) is 66.2 Å². The molecule has 0 radical (unpaired) electrons. The molecule has 0 heterocycles. The lowest BCUT2D eigenvalue weighted by Gasteiger charge is -2.04. The Hall–Kier alpha value is -2.56. The monoisotopic (exact) mass is 289 g/mol. The van der Waals surface area contributed by atoms with Crippen molar-refractivity contribution in [2.45, 2.75) is 0 Å². The standard InChI is InChI=1S/C19H12ClN/c20-18-9-4-7-15(12-18)17(13-21)11-16-8-3-6-14-5-1-2-10-19(14)16/h1-12H/b17-11+. The average molecular weight is 290 g/mol. The first-order valence-corrected chi connectivity index (χ1v) is 7.01. The van der Waals surface area contributed by atoms with Gasteiger partial charge in [-0.3, -0.25) is 0 Å². The van der Waals surface area contributed by atoms with Gasteiger partial charge in [0.1, 0.15) is 0 Å². The predicted octanol–water partition coefficient (Wildman–Crippen LogP) is 5.56. The van der Waals surface area contributed by atoms with Crippen molar-refractivity contribution in [2.75, 3.05) is 0 Å². The lowest BCUT2D eigenvalue weighted by atomic mass is 10.00. The topological polar surface area (TPSA) is 23.8 Å². The van der Waals surface area contributed by atoms with E-state index >= 15 is 0 Å². The van der Waals surface area contributed by atoms with E-state index in [9.17, 15) is 5.26 Å². The Balaban J connectivity index is 2.16. The maximum absolute atomic E-state index is 9.44. The van der Waals surface area contributed by atoms with Crippen molar-refractivity contribution >= 4 is 34.0 Å².